The van der Waals surface area contributed by atoms with Crippen LogP contribution in [0.1, 0.15) is 12.8 Å². The summed E-state index contributed by atoms with van der Waals surface area (Å²) >= 11 is 7.42. The highest BCUT2D eigenvalue weighted by atomic mass is 32.1. The Kier molecular flexibility index (Phi) is 10.1. The molecule has 0 aliphatic heterocycles. The van der Waals surface area contributed by atoms with Gasteiger partial charge in [-0.15, -0.1) is 45.3 Å². The molecule has 0 N–H and O–H groups in total. The largest absolute Gasteiger partial charge is 0.228 e. The van der Waals surface area contributed by atoms with E-state index >= 15 is 0 Å². The van der Waals surface area contributed by atoms with E-state index in [2.05, 4.69) is 218 Å². The monoisotopic (exact) mass is 964 g/mol. The predicted octanol–water partition coefficient (Wildman–Crippen LogP) is 20.2. The minimum atomic E-state index is 0.737. The lowest BCUT2D eigenvalue weighted by Crippen LogP contribution is -1.96. The van der Waals surface area contributed by atoms with E-state index in [0.717, 1.165) is 33.9 Å². The average molecular weight is 965 g/mol. The number of fused-ring (bicyclic) bond motifs is 12. The Labute approximate surface area is 420 Å². The van der Waals surface area contributed by atoms with Gasteiger partial charge in [0.15, 0.2) is 5.82 Å². The summed E-state index contributed by atoms with van der Waals surface area (Å²) in [6, 6.07) is 71.0. The van der Waals surface area contributed by atoms with Crippen molar-refractivity contribution in [2.75, 3.05) is 0 Å². The lowest BCUT2D eigenvalue weighted by molar-refractivity contribution is 1.04. The van der Waals surface area contributed by atoms with E-state index in [9.17, 15) is 0 Å². The fourth-order valence-electron chi connectivity index (χ4n) is 10.3. The number of rotatable bonds is 5. The molecule has 6 heteroatoms. The van der Waals surface area contributed by atoms with Crippen LogP contribution in [0.5, 0.6) is 0 Å². The molecule has 0 fully saturated rings. The van der Waals surface area contributed by atoms with Gasteiger partial charge in [0.25, 0.3) is 0 Å². The summed E-state index contributed by atoms with van der Waals surface area (Å²) in [6.45, 7) is 0. The van der Waals surface area contributed by atoms with Crippen molar-refractivity contribution in [2.45, 2.75) is 12.8 Å². The van der Waals surface area contributed by atoms with Crippen LogP contribution in [0, 0.1) is 0 Å². The van der Waals surface area contributed by atoms with Crippen molar-refractivity contribution >= 4 is 126 Å². The molecule has 0 saturated heterocycles. The summed E-state index contributed by atoms with van der Waals surface area (Å²) in [5.74, 6) is 0.737. The van der Waals surface area contributed by atoms with Gasteiger partial charge >= 0.3 is 0 Å². The molecule has 0 spiro atoms. The Balaban J connectivity index is 0.000000715. The second-order valence-electron chi connectivity index (χ2n) is 17.8. The molecule has 330 valence electrons. The molecule has 0 unspecified atom stereocenters. The van der Waals surface area contributed by atoms with Crippen LogP contribution in [0.4, 0.5) is 0 Å². The molecule has 1 aliphatic carbocycles. The van der Waals surface area contributed by atoms with Crippen LogP contribution in [-0.2, 0) is 0 Å². The molecular formula is C64H40N2S4. The third-order valence-corrected chi connectivity index (χ3v) is 18.6. The third-order valence-electron chi connectivity index (χ3n) is 13.6. The predicted molar refractivity (Wildman–Crippen MR) is 308 cm³/mol. The maximum atomic E-state index is 5.54. The normalized spacial score (nSPS) is 12.6. The minimum Gasteiger partial charge on any atom is -0.228 e. The standard InChI is InChI=1S/C58H32N2S4.C6H8/c1-4-28-50-37(15-1)40-20-8-18-35(53(40)61-50)33-13-7-14-34(31-33)36-19-9-23-43-44-24-12-27-47(57(44)64-54(36)43)58-59-48(45-25-10-21-41-38-16-2-5-29-51(38)62-55(41)45)32-49(60-58)46-26-11-22-42-39-17-3-6-30-52(39)63-56(42)46;1-2-4-6-5-3-1/h1-32H;1-4H,5-6H2. The van der Waals surface area contributed by atoms with Gasteiger partial charge in [-0.05, 0) is 71.5 Å². The molecule has 15 rings (SSSR count). The zero-order valence-corrected chi connectivity index (χ0v) is 41.0. The Morgan fingerprint density at radius 1 is 0.286 bits per heavy atom. The number of allylic oxidation sites excluding steroid dienone is 4. The first-order valence-electron chi connectivity index (χ1n) is 23.7. The highest BCUT2D eigenvalue weighted by molar-refractivity contribution is 7.27. The van der Waals surface area contributed by atoms with Gasteiger partial charge in [0, 0.05) is 97.4 Å². The van der Waals surface area contributed by atoms with Crippen molar-refractivity contribution < 1.29 is 0 Å². The average Bonchev–Trinajstić information content (AvgIpc) is 4.22. The third kappa shape index (κ3) is 6.93. The van der Waals surface area contributed by atoms with E-state index in [0.29, 0.717) is 0 Å². The molecule has 5 aromatic heterocycles. The Bertz CT molecular complexity index is 4300. The Morgan fingerprint density at radius 2 is 0.629 bits per heavy atom. The van der Waals surface area contributed by atoms with Crippen LogP contribution in [-0.4, -0.2) is 9.97 Å². The highest BCUT2D eigenvalue weighted by Crippen LogP contribution is 2.47. The van der Waals surface area contributed by atoms with Gasteiger partial charge in [-0.3, -0.25) is 0 Å². The number of nitrogens with zero attached hydrogens (tertiary/aromatic N) is 2. The zero-order chi connectivity index (χ0) is 46.1. The second-order valence-corrected chi connectivity index (χ2v) is 22.0. The maximum absolute atomic E-state index is 5.54. The van der Waals surface area contributed by atoms with E-state index in [-0.39, 0.29) is 0 Å². The van der Waals surface area contributed by atoms with Crippen LogP contribution in [0.2, 0.25) is 0 Å². The minimum absolute atomic E-state index is 0.737. The van der Waals surface area contributed by atoms with Crippen molar-refractivity contribution in [2.24, 2.45) is 0 Å². The number of aromatic nitrogens is 2. The van der Waals surface area contributed by atoms with Crippen molar-refractivity contribution in [1.82, 2.24) is 9.97 Å². The molecule has 5 heterocycles. The van der Waals surface area contributed by atoms with Crippen LogP contribution in [0.25, 0.3) is 137 Å². The zero-order valence-electron chi connectivity index (χ0n) is 37.7. The molecule has 0 bridgehead atoms. The van der Waals surface area contributed by atoms with E-state index in [4.69, 9.17) is 9.97 Å². The van der Waals surface area contributed by atoms with Crippen LogP contribution >= 0.6 is 45.3 Å². The van der Waals surface area contributed by atoms with Crippen LogP contribution in [0.15, 0.2) is 218 Å². The van der Waals surface area contributed by atoms with Crippen LogP contribution in [0.3, 0.4) is 0 Å². The summed E-state index contributed by atoms with van der Waals surface area (Å²) in [5.41, 5.74) is 10.1. The molecule has 0 amide bonds. The van der Waals surface area contributed by atoms with Crippen molar-refractivity contribution in [1.29, 1.82) is 0 Å². The van der Waals surface area contributed by atoms with Crippen molar-refractivity contribution in [3.63, 3.8) is 0 Å². The van der Waals surface area contributed by atoms with Gasteiger partial charge in [-0.25, -0.2) is 9.97 Å². The van der Waals surface area contributed by atoms with E-state index in [1.54, 1.807) is 0 Å². The molecule has 0 atom stereocenters. The molecule has 14 aromatic rings. The number of thiophene rings is 4. The maximum Gasteiger partial charge on any atom is 0.161 e. The van der Waals surface area contributed by atoms with E-state index in [1.165, 1.54) is 116 Å². The van der Waals surface area contributed by atoms with Gasteiger partial charge in [0.1, 0.15) is 0 Å². The highest BCUT2D eigenvalue weighted by Gasteiger charge is 2.21. The summed E-state index contributed by atoms with van der Waals surface area (Å²) < 4.78 is 10.2. The fourth-order valence-corrected chi connectivity index (χ4v) is 15.4. The molecule has 0 saturated carbocycles. The summed E-state index contributed by atoms with van der Waals surface area (Å²) in [4.78, 5) is 11.1. The van der Waals surface area contributed by atoms with Gasteiger partial charge < -0.3 is 0 Å². The topological polar surface area (TPSA) is 25.8 Å². The Hall–Kier alpha value is -7.58. The fraction of sp³-hybridized carbons (Fsp3) is 0.0312. The van der Waals surface area contributed by atoms with Gasteiger partial charge in [-0.1, -0.05) is 182 Å². The van der Waals surface area contributed by atoms with Gasteiger partial charge in [0.05, 0.1) is 11.4 Å². The van der Waals surface area contributed by atoms with E-state index in [1.807, 2.05) is 45.3 Å². The quantitative estimate of drug-likeness (QED) is 0.172. The molecule has 70 heavy (non-hydrogen) atoms. The smallest absolute Gasteiger partial charge is 0.161 e. The molecule has 2 nitrogen and oxygen atoms in total. The van der Waals surface area contributed by atoms with Crippen molar-refractivity contribution in [3.05, 3.63) is 218 Å². The molecule has 1 aliphatic rings. The molecular weight excluding hydrogens is 925 g/mol. The lowest BCUT2D eigenvalue weighted by Gasteiger charge is -2.11. The first-order valence-corrected chi connectivity index (χ1v) is 27.0. The first-order chi connectivity index (χ1) is 34.7. The van der Waals surface area contributed by atoms with Crippen molar-refractivity contribution in [3.8, 4) is 56.2 Å². The lowest BCUT2D eigenvalue weighted by atomic mass is 9.97. The number of benzene rings is 9. The SMILES string of the molecule is C1=CCCC=C1.c1cc(-c2cccc3c2sc2ccccc23)cc(-c2cccc3c2sc2c(-c4nc(-c5cccc6c5sc5ccccc56)cc(-c5cccc6c5sc5ccccc56)n4)cccc23)c1. The number of hydrogen-bond donors (Lipinski definition) is 0. The first kappa shape index (κ1) is 41.4. The summed E-state index contributed by atoms with van der Waals surface area (Å²) in [5, 5.41) is 10.2. The molecule has 9 aromatic carbocycles. The van der Waals surface area contributed by atoms with Gasteiger partial charge in [-0.2, -0.15) is 0 Å². The van der Waals surface area contributed by atoms with Gasteiger partial charge in [0.2, 0.25) is 0 Å². The second kappa shape index (κ2) is 17.1. The van der Waals surface area contributed by atoms with E-state index < -0.39 is 0 Å². The van der Waals surface area contributed by atoms with Crippen LogP contribution < -0.4 is 0 Å². The summed E-state index contributed by atoms with van der Waals surface area (Å²) in [6.07, 6.45) is 11.0. The number of hydrogen-bond acceptors (Lipinski definition) is 6. The molecule has 0 radical (unpaired) electrons. The Morgan fingerprint density at radius 3 is 1.07 bits per heavy atom. The summed E-state index contributed by atoms with van der Waals surface area (Å²) in [7, 11) is 0.